The van der Waals surface area contributed by atoms with Crippen LogP contribution in [0.2, 0.25) is 0 Å². The van der Waals surface area contributed by atoms with Crippen molar-refractivity contribution in [2.24, 2.45) is 7.05 Å². The topological polar surface area (TPSA) is 47.3 Å². The van der Waals surface area contributed by atoms with Gasteiger partial charge in [-0.1, -0.05) is 0 Å². The van der Waals surface area contributed by atoms with Crippen LogP contribution in [0.4, 0.5) is 0 Å². The minimum Gasteiger partial charge on any atom is -0.487 e. The predicted molar refractivity (Wildman–Crippen MR) is 45.0 cm³/mol. The molecule has 1 aromatic heterocycles. The molecule has 0 radical (unpaired) electrons. The molecule has 0 aromatic carbocycles. The third kappa shape index (κ3) is 2.92. The van der Waals surface area contributed by atoms with Crippen molar-refractivity contribution in [3.8, 4) is 5.75 Å². The van der Waals surface area contributed by atoms with E-state index in [0.29, 0.717) is 5.75 Å². The van der Waals surface area contributed by atoms with Crippen LogP contribution >= 0.6 is 0 Å². The van der Waals surface area contributed by atoms with Crippen molar-refractivity contribution in [2.75, 3.05) is 6.61 Å². The molecule has 1 N–H and O–H groups in total. The summed E-state index contributed by atoms with van der Waals surface area (Å²) in [4.78, 5) is 0. The van der Waals surface area contributed by atoms with Gasteiger partial charge in [0.15, 0.2) is 5.75 Å². The molecule has 68 valence electrons. The van der Waals surface area contributed by atoms with E-state index in [9.17, 15) is 5.11 Å². The molecule has 0 spiro atoms. The first-order chi connectivity index (χ1) is 5.47. The molecule has 0 atom stereocenters. The summed E-state index contributed by atoms with van der Waals surface area (Å²) in [6.07, 6.45) is 3.37. The highest BCUT2D eigenvalue weighted by molar-refractivity contribution is 5.11. The van der Waals surface area contributed by atoms with Gasteiger partial charge in [0, 0.05) is 7.05 Å². The summed E-state index contributed by atoms with van der Waals surface area (Å²) in [6.45, 7) is 3.67. The smallest absolute Gasteiger partial charge is 0.157 e. The Morgan fingerprint density at radius 3 is 2.75 bits per heavy atom. The highest BCUT2D eigenvalue weighted by atomic mass is 16.5. The van der Waals surface area contributed by atoms with E-state index in [1.165, 1.54) is 0 Å². The lowest BCUT2D eigenvalue weighted by molar-refractivity contribution is 0.0284. The number of aryl methyl sites for hydroxylation is 1. The van der Waals surface area contributed by atoms with Gasteiger partial charge in [0.05, 0.1) is 18.0 Å². The maximum Gasteiger partial charge on any atom is 0.157 e. The molecule has 0 aliphatic heterocycles. The second-order valence-corrected chi connectivity index (χ2v) is 3.45. The monoisotopic (exact) mass is 170 g/mol. The van der Waals surface area contributed by atoms with Gasteiger partial charge in [0.2, 0.25) is 0 Å². The number of aromatic nitrogens is 2. The molecule has 12 heavy (non-hydrogen) atoms. The molecule has 0 amide bonds. The largest absolute Gasteiger partial charge is 0.487 e. The molecule has 4 nitrogen and oxygen atoms in total. The molecule has 0 fully saturated rings. The molecule has 1 rings (SSSR count). The molecule has 0 aliphatic carbocycles. The van der Waals surface area contributed by atoms with Crippen molar-refractivity contribution < 1.29 is 9.84 Å². The Hall–Kier alpha value is -1.03. The van der Waals surface area contributed by atoms with E-state index in [1.54, 1.807) is 30.9 Å². The van der Waals surface area contributed by atoms with Crippen LogP contribution in [0.3, 0.4) is 0 Å². The molecule has 0 saturated heterocycles. The zero-order chi connectivity index (χ0) is 9.19. The Morgan fingerprint density at radius 1 is 1.67 bits per heavy atom. The van der Waals surface area contributed by atoms with Crippen molar-refractivity contribution in [3.63, 3.8) is 0 Å². The molecule has 4 heteroatoms. The van der Waals surface area contributed by atoms with Crippen LogP contribution in [0.15, 0.2) is 12.4 Å². The minimum absolute atomic E-state index is 0.276. The van der Waals surface area contributed by atoms with Gasteiger partial charge in [0.1, 0.15) is 6.61 Å². The van der Waals surface area contributed by atoms with Crippen molar-refractivity contribution in [3.05, 3.63) is 12.4 Å². The van der Waals surface area contributed by atoms with Crippen LogP contribution in [0, 0.1) is 0 Å². The number of hydrogen-bond donors (Lipinski definition) is 1. The van der Waals surface area contributed by atoms with E-state index in [2.05, 4.69) is 5.10 Å². The highest BCUT2D eigenvalue weighted by Crippen LogP contribution is 2.10. The molecule has 0 unspecified atom stereocenters. The zero-order valence-corrected chi connectivity index (χ0v) is 7.61. The summed E-state index contributed by atoms with van der Waals surface area (Å²) < 4.78 is 6.91. The van der Waals surface area contributed by atoms with Gasteiger partial charge >= 0.3 is 0 Å². The van der Waals surface area contributed by atoms with Crippen molar-refractivity contribution in [1.82, 2.24) is 9.78 Å². The number of aliphatic hydroxyl groups is 1. The molecular weight excluding hydrogens is 156 g/mol. The summed E-state index contributed by atoms with van der Waals surface area (Å²) in [6, 6.07) is 0. The van der Waals surface area contributed by atoms with E-state index >= 15 is 0 Å². The fourth-order valence-corrected chi connectivity index (χ4v) is 0.733. The molecule has 0 aliphatic rings. The van der Waals surface area contributed by atoms with Gasteiger partial charge in [-0.3, -0.25) is 4.68 Å². The summed E-state index contributed by atoms with van der Waals surface area (Å²) >= 11 is 0. The maximum absolute atomic E-state index is 9.33. The molecule has 1 aromatic rings. The Labute approximate surface area is 71.8 Å². The maximum atomic E-state index is 9.33. The number of hydrogen-bond acceptors (Lipinski definition) is 3. The second kappa shape index (κ2) is 3.15. The average molecular weight is 170 g/mol. The van der Waals surface area contributed by atoms with Gasteiger partial charge in [-0.05, 0) is 13.8 Å². The van der Waals surface area contributed by atoms with Crippen molar-refractivity contribution >= 4 is 0 Å². The quantitative estimate of drug-likeness (QED) is 0.721. The van der Waals surface area contributed by atoms with Crippen LogP contribution in [0.5, 0.6) is 5.75 Å². The van der Waals surface area contributed by atoms with E-state index in [1.807, 2.05) is 7.05 Å². The minimum atomic E-state index is -0.796. The summed E-state index contributed by atoms with van der Waals surface area (Å²) in [7, 11) is 1.82. The lowest BCUT2D eigenvalue weighted by Crippen LogP contribution is -2.27. The third-order valence-corrected chi connectivity index (χ3v) is 1.27. The first-order valence-electron chi connectivity index (χ1n) is 3.81. The molecule has 1 heterocycles. The summed E-state index contributed by atoms with van der Waals surface area (Å²) in [5, 5.41) is 13.3. The Balaban J connectivity index is 2.44. The van der Waals surface area contributed by atoms with E-state index in [-0.39, 0.29) is 6.61 Å². The predicted octanol–water partition coefficient (Wildman–Crippen LogP) is 0.570. The third-order valence-electron chi connectivity index (χ3n) is 1.27. The van der Waals surface area contributed by atoms with Crippen LogP contribution < -0.4 is 4.74 Å². The number of rotatable bonds is 3. The van der Waals surface area contributed by atoms with Gasteiger partial charge in [0.25, 0.3) is 0 Å². The van der Waals surface area contributed by atoms with Crippen LogP contribution in [0.1, 0.15) is 13.8 Å². The Kier molecular flexibility index (Phi) is 2.38. The fourth-order valence-electron chi connectivity index (χ4n) is 0.733. The lowest BCUT2D eigenvalue weighted by atomic mass is 10.2. The average Bonchev–Trinajstić information content (AvgIpc) is 2.30. The van der Waals surface area contributed by atoms with Crippen LogP contribution in [-0.4, -0.2) is 27.1 Å². The first kappa shape index (κ1) is 9.06. The Morgan fingerprint density at radius 2 is 2.33 bits per heavy atom. The summed E-state index contributed by atoms with van der Waals surface area (Å²) in [5.41, 5.74) is -0.796. The highest BCUT2D eigenvalue weighted by Gasteiger charge is 2.13. The summed E-state index contributed by atoms with van der Waals surface area (Å²) in [5.74, 6) is 0.680. The van der Waals surface area contributed by atoms with Crippen molar-refractivity contribution in [2.45, 2.75) is 19.4 Å². The number of nitrogens with zero attached hydrogens (tertiary/aromatic N) is 2. The van der Waals surface area contributed by atoms with Crippen LogP contribution in [0.25, 0.3) is 0 Å². The van der Waals surface area contributed by atoms with Gasteiger partial charge in [-0.15, -0.1) is 0 Å². The standard InChI is InChI=1S/C8H14N2O2/c1-8(2,11)6-12-7-4-9-10(3)5-7/h4-5,11H,6H2,1-3H3. The molecular formula is C8H14N2O2. The van der Waals surface area contributed by atoms with E-state index in [4.69, 9.17) is 4.74 Å². The number of ether oxygens (including phenoxy) is 1. The van der Waals surface area contributed by atoms with Gasteiger partial charge in [-0.2, -0.15) is 5.10 Å². The normalized spacial score (nSPS) is 11.7. The van der Waals surface area contributed by atoms with Crippen molar-refractivity contribution in [1.29, 1.82) is 0 Å². The molecule has 0 bridgehead atoms. The van der Waals surface area contributed by atoms with Crippen LogP contribution in [-0.2, 0) is 7.05 Å². The fraction of sp³-hybridized carbons (Fsp3) is 0.625. The SMILES string of the molecule is Cn1cc(OCC(C)(C)O)cn1. The van der Waals surface area contributed by atoms with E-state index in [0.717, 1.165) is 0 Å². The van der Waals surface area contributed by atoms with Gasteiger partial charge in [-0.25, -0.2) is 0 Å². The van der Waals surface area contributed by atoms with E-state index < -0.39 is 5.60 Å². The van der Waals surface area contributed by atoms with Gasteiger partial charge < -0.3 is 9.84 Å². The first-order valence-corrected chi connectivity index (χ1v) is 3.81. The molecule has 0 saturated carbocycles. The zero-order valence-electron chi connectivity index (χ0n) is 7.61. The Bertz CT molecular complexity index is 250. The lowest BCUT2D eigenvalue weighted by Gasteiger charge is -2.16. The second-order valence-electron chi connectivity index (χ2n) is 3.45.